The zero-order valence-corrected chi connectivity index (χ0v) is 12.0. The molecule has 2 fully saturated rings. The summed E-state index contributed by atoms with van der Waals surface area (Å²) >= 11 is 0. The second-order valence-corrected chi connectivity index (χ2v) is 5.87. The maximum absolute atomic E-state index is 12.3. The van der Waals surface area contributed by atoms with Crippen LogP contribution in [-0.4, -0.2) is 46.3 Å². The number of carbonyl (C=O) groups is 2. The van der Waals surface area contributed by atoms with E-state index < -0.39 is 0 Å². The summed E-state index contributed by atoms with van der Waals surface area (Å²) in [7, 11) is 0. The molecule has 6 heteroatoms. The minimum Gasteiger partial charge on any atom is -0.356 e. The number of hydrogen-bond donors (Lipinski definition) is 1. The van der Waals surface area contributed by atoms with Crippen LogP contribution < -0.4 is 5.32 Å². The Kier molecular flexibility index (Phi) is 4.13. The Labute approximate surface area is 124 Å². The average molecular weight is 288 g/mol. The molecule has 1 aromatic heterocycles. The number of nitrogens with one attached hydrogen (secondary N) is 1. The number of nitrogens with zero attached hydrogens (tertiary/aromatic N) is 3. The van der Waals surface area contributed by atoms with Gasteiger partial charge in [0.25, 0.3) is 5.91 Å². The fourth-order valence-corrected chi connectivity index (χ4v) is 2.66. The minimum absolute atomic E-state index is 0.0820. The van der Waals surface area contributed by atoms with Gasteiger partial charge in [-0.25, -0.2) is 4.98 Å². The Bertz CT molecular complexity index is 516. The van der Waals surface area contributed by atoms with E-state index in [4.69, 9.17) is 0 Å². The van der Waals surface area contributed by atoms with Crippen molar-refractivity contribution in [3.8, 4) is 0 Å². The van der Waals surface area contributed by atoms with Crippen molar-refractivity contribution in [1.29, 1.82) is 0 Å². The highest BCUT2D eigenvalue weighted by Gasteiger charge is 2.30. The van der Waals surface area contributed by atoms with Gasteiger partial charge in [0.2, 0.25) is 5.91 Å². The van der Waals surface area contributed by atoms with E-state index in [-0.39, 0.29) is 17.7 Å². The van der Waals surface area contributed by atoms with Crippen LogP contribution in [0.15, 0.2) is 18.6 Å². The van der Waals surface area contributed by atoms with Gasteiger partial charge in [-0.2, -0.15) is 0 Å². The van der Waals surface area contributed by atoms with Crippen molar-refractivity contribution in [2.45, 2.75) is 25.7 Å². The van der Waals surface area contributed by atoms with Crippen molar-refractivity contribution in [1.82, 2.24) is 20.2 Å². The monoisotopic (exact) mass is 288 g/mol. The number of rotatable bonds is 4. The largest absolute Gasteiger partial charge is 0.356 e. The van der Waals surface area contributed by atoms with Crippen molar-refractivity contribution in [3.05, 3.63) is 24.3 Å². The Balaban J connectivity index is 1.57. The average Bonchev–Trinajstić information content (AvgIpc) is 3.37. The van der Waals surface area contributed by atoms with Gasteiger partial charge in [-0.15, -0.1) is 0 Å². The van der Waals surface area contributed by atoms with Crippen molar-refractivity contribution < 1.29 is 9.59 Å². The third-order valence-corrected chi connectivity index (χ3v) is 4.12. The molecule has 1 aliphatic carbocycles. The van der Waals surface area contributed by atoms with E-state index >= 15 is 0 Å². The van der Waals surface area contributed by atoms with E-state index in [1.54, 1.807) is 11.1 Å². The molecule has 0 spiro atoms. The Morgan fingerprint density at radius 1 is 1.29 bits per heavy atom. The molecule has 6 nitrogen and oxygen atoms in total. The predicted octanol–water partition coefficient (Wildman–Crippen LogP) is 0.855. The highest BCUT2D eigenvalue weighted by molar-refractivity contribution is 5.92. The summed E-state index contributed by atoms with van der Waals surface area (Å²) in [5.41, 5.74) is 0.344. The first-order chi connectivity index (χ1) is 10.2. The van der Waals surface area contributed by atoms with Gasteiger partial charge in [0.15, 0.2) is 0 Å². The number of carbonyl (C=O) groups excluding carboxylic acids is 2. The van der Waals surface area contributed by atoms with Gasteiger partial charge < -0.3 is 10.2 Å². The zero-order valence-electron chi connectivity index (χ0n) is 12.0. The van der Waals surface area contributed by atoms with Crippen LogP contribution in [0, 0.1) is 11.8 Å². The number of aromatic nitrogens is 2. The molecule has 0 aromatic carbocycles. The van der Waals surface area contributed by atoms with Crippen LogP contribution in [0.5, 0.6) is 0 Å². The topological polar surface area (TPSA) is 75.2 Å². The molecule has 0 unspecified atom stereocenters. The van der Waals surface area contributed by atoms with Crippen molar-refractivity contribution in [2.24, 2.45) is 11.8 Å². The zero-order chi connectivity index (χ0) is 14.7. The third-order valence-electron chi connectivity index (χ3n) is 4.12. The summed E-state index contributed by atoms with van der Waals surface area (Å²) in [5, 5.41) is 3.01. The molecule has 112 valence electrons. The first-order valence-electron chi connectivity index (χ1n) is 7.57. The van der Waals surface area contributed by atoms with Crippen molar-refractivity contribution >= 4 is 11.8 Å². The van der Waals surface area contributed by atoms with E-state index in [9.17, 15) is 9.59 Å². The van der Waals surface area contributed by atoms with Crippen LogP contribution in [-0.2, 0) is 4.79 Å². The van der Waals surface area contributed by atoms with Gasteiger partial charge in [0.1, 0.15) is 5.69 Å². The summed E-state index contributed by atoms with van der Waals surface area (Å²) in [6.45, 7) is 1.95. The fraction of sp³-hybridized carbons (Fsp3) is 0.600. The molecule has 0 radical (unpaired) electrons. The molecule has 1 atom stereocenters. The van der Waals surface area contributed by atoms with Gasteiger partial charge in [0, 0.05) is 32.0 Å². The summed E-state index contributed by atoms with van der Waals surface area (Å²) in [4.78, 5) is 34.2. The first-order valence-corrected chi connectivity index (χ1v) is 7.57. The molecule has 1 saturated carbocycles. The molecule has 1 aromatic rings. The summed E-state index contributed by atoms with van der Waals surface area (Å²) in [6, 6.07) is 0. The Hall–Kier alpha value is -1.98. The lowest BCUT2D eigenvalue weighted by molar-refractivity contribution is -0.126. The second kappa shape index (κ2) is 6.20. The minimum atomic E-state index is -0.136. The number of likely N-dealkylation sites (tertiary alicyclic amines) is 1. The summed E-state index contributed by atoms with van der Waals surface area (Å²) in [6.07, 6.45) is 8.68. The smallest absolute Gasteiger partial charge is 0.274 e. The van der Waals surface area contributed by atoms with Gasteiger partial charge in [0.05, 0.1) is 12.1 Å². The first kappa shape index (κ1) is 14.0. The third kappa shape index (κ3) is 3.56. The molecular formula is C15H20N4O2. The van der Waals surface area contributed by atoms with E-state index in [1.165, 1.54) is 25.2 Å². The van der Waals surface area contributed by atoms with Crippen LogP contribution >= 0.6 is 0 Å². The highest BCUT2D eigenvalue weighted by atomic mass is 16.2. The Morgan fingerprint density at radius 2 is 2.14 bits per heavy atom. The maximum atomic E-state index is 12.3. The molecule has 3 rings (SSSR count). The molecule has 0 bridgehead atoms. The molecular weight excluding hydrogens is 268 g/mol. The van der Waals surface area contributed by atoms with Crippen LogP contribution in [0.4, 0.5) is 0 Å². The lowest BCUT2D eigenvalue weighted by Gasteiger charge is -2.31. The van der Waals surface area contributed by atoms with Crippen molar-refractivity contribution in [2.75, 3.05) is 19.6 Å². The number of piperidine rings is 1. The molecule has 1 N–H and O–H groups in total. The van der Waals surface area contributed by atoms with Crippen LogP contribution in [0.1, 0.15) is 36.2 Å². The maximum Gasteiger partial charge on any atom is 0.274 e. The van der Waals surface area contributed by atoms with Crippen molar-refractivity contribution in [3.63, 3.8) is 0 Å². The normalized spacial score (nSPS) is 21.9. The summed E-state index contributed by atoms with van der Waals surface area (Å²) < 4.78 is 0. The van der Waals surface area contributed by atoms with Crippen LogP contribution in [0.2, 0.25) is 0 Å². The molecule has 2 amide bonds. The number of hydrogen-bond acceptors (Lipinski definition) is 4. The van der Waals surface area contributed by atoms with Gasteiger partial charge in [-0.1, -0.05) is 0 Å². The van der Waals surface area contributed by atoms with E-state index in [1.807, 2.05) is 0 Å². The molecule has 1 saturated heterocycles. The van der Waals surface area contributed by atoms with Gasteiger partial charge in [-0.05, 0) is 31.6 Å². The van der Waals surface area contributed by atoms with Gasteiger partial charge in [-0.3, -0.25) is 14.6 Å². The van der Waals surface area contributed by atoms with E-state index in [0.717, 1.165) is 19.4 Å². The Morgan fingerprint density at radius 3 is 2.86 bits per heavy atom. The SMILES string of the molecule is O=C(NCC1CC1)[C@@H]1CCCN(C(=O)c2cnccn2)C1. The lowest BCUT2D eigenvalue weighted by Crippen LogP contribution is -2.46. The number of amides is 2. The standard InChI is InChI=1S/C15H20N4O2/c20-14(18-8-11-3-4-11)12-2-1-7-19(10-12)15(21)13-9-16-5-6-17-13/h5-6,9,11-12H,1-4,7-8,10H2,(H,18,20)/t12-/m1/s1. The predicted molar refractivity (Wildman–Crippen MR) is 76.4 cm³/mol. The molecule has 21 heavy (non-hydrogen) atoms. The molecule has 2 heterocycles. The van der Waals surface area contributed by atoms with Crippen LogP contribution in [0.3, 0.4) is 0 Å². The second-order valence-electron chi connectivity index (χ2n) is 5.87. The van der Waals surface area contributed by atoms with Crippen LogP contribution in [0.25, 0.3) is 0 Å². The van der Waals surface area contributed by atoms with E-state index in [2.05, 4.69) is 15.3 Å². The molecule has 2 aliphatic rings. The molecule has 1 aliphatic heterocycles. The lowest BCUT2D eigenvalue weighted by atomic mass is 9.97. The van der Waals surface area contributed by atoms with Gasteiger partial charge >= 0.3 is 0 Å². The summed E-state index contributed by atoms with van der Waals surface area (Å²) in [5.74, 6) is 0.523. The van der Waals surface area contributed by atoms with E-state index in [0.29, 0.717) is 24.7 Å². The fourth-order valence-electron chi connectivity index (χ4n) is 2.66. The highest BCUT2D eigenvalue weighted by Crippen LogP contribution is 2.28. The quantitative estimate of drug-likeness (QED) is 0.891.